The molecule has 6 nitrogen and oxygen atoms in total. The first-order valence-corrected chi connectivity index (χ1v) is 10.4. The molecule has 0 aliphatic rings. The molecule has 0 unspecified atom stereocenters. The van der Waals surface area contributed by atoms with E-state index in [1.807, 2.05) is 12.1 Å². The van der Waals surface area contributed by atoms with Crippen LogP contribution in [0.2, 0.25) is 0 Å². The van der Waals surface area contributed by atoms with Gasteiger partial charge in [0, 0.05) is 23.7 Å². The van der Waals surface area contributed by atoms with Crippen LogP contribution in [0.15, 0.2) is 52.9 Å². The summed E-state index contributed by atoms with van der Waals surface area (Å²) in [5, 5.41) is 9.24. The number of nitrogens with one attached hydrogen (secondary N) is 3. The molecule has 1 aromatic heterocycles. The van der Waals surface area contributed by atoms with Crippen molar-refractivity contribution in [3.8, 4) is 0 Å². The summed E-state index contributed by atoms with van der Waals surface area (Å²) in [5.41, 5.74) is 3.28. The minimum atomic E-state index is -0.444. The zero-order valence-corrected chi connectivity index (χ0v) is 17.9. The van der Waals surface area contributed by atoms with Crippen molar-refractivity contribution in [1.29, 1.82) is 0 Å². The fourth-order valence-electron chi connectivity index (χ4n) is 3.10. The van der Waals surface area contributed by atoms with E-state index in [4.69, 9.17) is 16.6 Å². The lowest BCUT2D eigenvalue weighted by atomic mass is 10.1. The van der Waals surface area contributed by atoms with E-state index in [2.05, 4.69) is 35.0 Å². The normalized spacial score (nSPS) is 10.6. The molecule has 0 aliphatic heterocycles. The molecule has 7 heteroatoms. The van der Waals surface area contributed by atoms with Gasteiger partial charge < -0.3 is 15.1 Å². The van der Waals surface area contributed by atoms with Gasteiger partial charge in [0.15, 0.2) is 10.9 Å². The Kier molecular flexibility index (Phi) is 7.19. The third-order valence-corrected chi connectivity index (χ3v) is 4.77. The smallest absolute Gasteiger partial charge is 0.293 e. The predicted octanol–water partition coefficient (Wildman–Crippen LogP) is 5.25. The second kappa shape index (κ2) is 10.0. The Bertz CT molecular complexity index is 1060. The van der Waals surface area contributed by atoms with Crippen molar-refractivity contribution < 1.29 is 14.0 Å². The predicted molar refractivity (Wildman–Crippen MR) is 124 cm³/mol. The molecule has 30 heavy (non-hydrogen) atoms. The van der Waals surface area contributed by atoms with Crippen molar-refractivity contribution in [1.82, 2.24) is 5.32 Å². The molecule has 3 aromatic rings. The standard InChI is InChI=1S/C23H25N3O3S/c1-3-4-5-6-16-7-9-18(10-8-16)25-23(30)26-22(28)21-14-17-13-19(24-15(2)27)11-12-20(17)29-21/h7-14H,3-6H2,1-2H3,(H,24,27)(H2,25,26,28,30). The Hall–Kier alpha value is -3.19. The zero-order valence-electron chi connectivity index (χ0n) is 17.1. The minimum Gasteiger partial charge on any atom is -0.451 e. The molecule has 1 heterocycles. The topological polar surface area (TPSA) is 83.4 Å². The molecular formula is C23H25N3O3S. The summed E-state index contributed by atoms with van der Waals surface area (Å²) in [7, 11) is 0. The van der Waals surface area contributed by atoms with Gasteiger partial charge in [-0.25, -0.2) is 0 Å². The Labute approximate surface area is 181 Å². The number of rotatable bonds is 7. The molecule has 0 radical (unpaired) electrons. The molecule has 0 fully saturated rings. The van der Waals surface area contributed by atoms with Crippen LogP contribution in [0.5, 0.6) is 0 Å². The van der Waals surface area contributed by atoms with Gasteiger partial charge in [-0.15, -0.1) is 0 Å². The van der Waals surface area contributed by atoms with Gasteiger partial charge in [0.05, 0.1) is 0 Å². The first-order valence-electron chi connectivity index (χ1n) is 9.97. The van der Waals surface area contributed by atoms with E-state index in [-0.39, 0.29) is 16.8 Å². The van der Waals surface area contributed by atoms with Gasteiger partial charge in [-0.2, -0.15) is 0 Å². The van der Waals surface area contributed by atoms with Gasteiger partial charge in [-0.3, -0.25) is 14.9 Å². The molecule has 2 amide bonds. The summed E-state index contributed by atoms with van der Waals surface area (Å²) in [6.45, 7) is 3.63. The van der Waals surface area contributed by atoms with Crippen LogP contribution >= 0.6 is 12.2 Å². The first kappa shape index (κ1) is 21.5. The van der Waals surface area contributed by atoms with Crippen LogP contribution < -0.4 is 16.0 Å². The van der Waals surface area contributed by atoms with Gasteiger partial charge >= 0.3 is 0 Å². The van der Waals surface area contributed by atoms with Crippen LogP contribution in [-0.4, -0.2) is 16.9 Å². The summed E-state index contributed by atoms with van der Waals surface area (Å²) in [4.78, 5) is 23.7. The molecule has 2 aromatic carbocycles. The molecule has 0 saturated heterocycles. The highest BCUT2D eigenvalue weighted by Crippen LogP contribution is 2.23. The number of carbonyl (C=O) groups excluding carboxylic acids is 2. The quantitative estimate of drug-likeness (QED) is 0.357. The first-order chi connectivity index (χ1) is 14.4. The summed E-state index contributed by atoms with van der Waals surface area (Å²) in [6.07, 6.45) is 4.67. The fraction of sp³-hybridized carbons (Fsp3) is 0.261. The number of hydrogen-bond donors (Lipinski definition) is 3. The van der Waals surface area contributed by atoms with E-state index in [0.29, 0.717) is 16.7 Å². The summed E-state index contributed by atoms with van der Waals surface area (Å²) in [5.74, 6) is -0.470. The maximum Gasteiger partial charge on any atom is 0.293 e. The van der Waals surface area contributed by atoms with Crippen LogP contribution in [-0.2, 0) is 11.2 Å². The van der Waals surface area contributed by atoms with Crippen molar-refractivity contribution in [2.24, 2.45) is 0 Å². The number of furan rings is 1. The van der Waals surface area contributed by atoms with Crippen LogP contribution in [0.3, 0.4) is 0 Å². The maximum atomic E-state index is 12.5. The molecule has 0 aliphatic carbocycles. The lowest BCUT2D eigenvalue weighted by Gasteiger charge is -2.09. The minimum absolute atomic E-state index is 0.139. The highest BCUT2D eigenvalue weighted by atomic mass is 32.1. The second-order valence-corrected chi connectivity index (χ2v) is 7.51. The Balaban J connectivity index is 1.58. The fourth-order valence-corrected chi connectivity index (χ4v) is 3.31. The van der Waals surface area contributed by atoms with E-state index in [9.17, 15) is 9.59 Å². The van der Waals surface area contributed by atoms with Gasteiger partial charge in [0.25, 0.3) is 5.91 Å². The van der Waals surface area contributed by atoms with Gasteiger partial charge in [-0.05, 0) is 67.0 Å². The largest absolute Gasteiger partial charge is 0.451 e. The van der Waals surface area contributed by atoms with Crippen molar-refractivity contribution in [2.75, 3.05) is 10.6 Å². The molecule has 0 atom stereocenters. The van der Waals surface area contributed by atoms with Crippen LogP contribution in [0.4, 0.5) is 11.4 Å². The Morgan fingerprint density at radius 2 is 1.70 bits per heavy atom. The van der Waals surface area contributed by atoms with Crippen molar-refractivity contribution >= 4 is 51.5 Å². The van der Waals surface area contributed by atoms with E-state index in [1.165, 1.54) is 31.7 Å². The number of aryl methyl sites for hydroxylation is 1. The van der Waals surface area contributed by atoms with Crippen molar-refractivity contribution in [3.63, 3.8) is 0 Å². The second-order valence-electron chi connectivity index (χ2n) is 7.11. The van der Waals surface area contributed by atoms with Crippen molar-refractivity contribution in [2.45, 2.75) is 39.5 Å². The lowest BCUT2D eigenvalue weighted by Crippen LogP contribution is -2.33. The van der Waals surface area contributed by atoms with Crippen LogP contribution in [0, 0.1) is 0 Å². The lowest BCUT2D eigenvalue weighted by molar-refractivity contribution is -0.114. The van der Waals surface area contributed by atoms with Gasteiger partial charge in [0.1, 0.15) is 5.58 Å². The molecule has 3 N–H and O–H groups in total. The van der Waals surface area contributed by atoms with Crippen molar-refractivity contribution in [3.05, 3.63) is 59.9 Å². The number of benzene rings is 2. The molecule has 3 rings (SSSR count). The van der Waals surface area contributed by atoms with E-state index in [1.54, 1.807) is 24.3 Å². The number of fused-ring (bicyclic) bond motifs is 1. The average molecular weight is 424 g/mol. The number of unbranched alkanes of at least 4 members (excludes halogenated alkanes) is 2. The highest BCUT2D eigenvalue weighted by molar-refractivity contribution is 7.80. The number of thiocarbonyl (C=S) groups is 1. The van der Waals surface area contributed by atoms with E-state index in [0.717, 1.165) is 12.1 Å². The number of carbonyl (C=O) groups is 2. The number of hydrogen-bond acceptors (Lipinski definition) is 4. The Morgan fingerprint density at radius 1 is 0.967 bits per heavy atom. The molecular weight excluding hydrogens is 398 g/mol. The summed E-state index contributed by atoms with van der Waals surface area (Å²) < 4.78 is 5.59. The van der Waals surface area contributed by atoms with Crippen LogP contribution in [0.25, 0.3) is 11.0 Å². The monoisotopic (exact) mass is 423 g/mol. The van der Waals surface area contributed by atoms with E-state index < -0.39 is 5.91 Å². The molecule has 0 bridgehead atoms. The molecule has 156 valence electrons. The molecule has 0 spiro atoms. The van der Waals surface area contributed by atoms with Gasteiger partial charge in [-0.1, -0.05) is 31.9 Å². The number of anilines is 2. The summed E-state index contributed by atoms with van der Waals surface area (Å²) in [6, 6.07) is 14.8. The number of amides is 2. The van der Waals surface area contributed by atoms with Gasteiger partial charge in [0.2, 0.25) is 5.91 Å². The third kappa shape index (κ3) is 5.90. The summed E-state index contributed by atoms with van der Waals surface area (Å²) >= 11 is 5.25. The Morgan fingerprint density at radius 3 is 2.40 bits per heavy atom. The third-order valence-electron chi connectivity index (χ3n) is 4.57. The zero-order chi connectivity index (χ0) is 21.5. The average Bonchev–Trinajstić information content (AvgIpc) is 3.12. The van der Waals surface area contributed by atoms with Crippen LogP contribution in [0.1, 0.15) is 49.2 Å². The SMILES string of the molecule is CCCCCc1ccc(NC(=S)NC(=O)c2cc3cc(NC(C)=O)ccc3o2)cc1. The van der Waals surface area contributed by atoms with E-state index >= 15 is 0 Å². The molecule has 0 saturated carbocycles. The maximum absolute atomic E-state index is 12.5. The highest BCUT2D eigenvalue weighted by Gasteiger charge is 2.14.